The first kappa shape index (κ1) is 16.0. The van der Waals surface area contributed by atoms with Crippen molar-refractivity contribution in [3.63, 3.8) is 0 Å². The Hall–Kier alpha value is -1.38. The molecule has 0 spiro atoms. The number of hydrogen-bond donors (Lipinski definition) is 1. The molecule has 112 valence electrons. The second kappa shape index (κ2) is 7.58. The van der Waals surface area contributed by atoms with Crippen LogP contribution in [0.25, 0.3) is 0 Å². The molecule has 0 radical (unpaired) electrons. The van der Waals surface area contributed by atoms with Crippen molar-refractivity contribution in [3.05, 3.63) is 70.0 Å². The molecule has 1 unspecified atom stereocenters. The molecule has 0 saturated heterocycles. The maximum absolute atomic E-state index is 14.0. The monoisotopic (exact) mass is 305 g/mol. The highest BCUT2D eigenvalue weighted by molar-refractivity contribution is 6.30. The number of nitrogens with one attached hydrogen (secondary N) is 1. The lowest BCUT2D eigenvalue weighted by molar-refractivity contribution is 0.513. The summed E-state index contributed by atoms with van der Waals surface area (Å²) in [4.78, 5) is 0. The van der Waals surface area contributed by atoms with Crippen molar-refractivity contribution in [1.82, 2.24) is 5.32 Å². The molecule has 1 N–H and O–H groups in total. The number of hydrogen-bond acceptors (Lipinski definition) is 1. The van der Waals surface area contributed by atoms with Gasteiger partial charge in [-0.3, -0.25) is 0 Å². The van der Waals surface area contributed by atoms with Crippen molar-refractivity contribution < 1.29 is 4.39 Å². The Morgan fingerprint density at radius 2 is 1.86 bits per heavy atom. The number of rotatable bonds is 6. The van der Waals surface area contributed by atoms with Crippen LogP contribution in [-0.2, 0) is 6.42 Å². The highest BCUT2D eigenvalue weighted by atomic mass is 35.5. The van der Waals surface area contributed by atoms with Gasteiger partial charge in [0.05, 0.1) is 0 Å². The van der Waals surface area contributed by atoms with Crippen LogP contribution in [0.3, 0.4) is 0 Å². The third-order valence-corrected chi connectivity index (χ3v) is 3.79. The van der Waals surface area contributed by atoms with Crippen LogP contribution >= 0.6 is 11.6 Å². The smallest absolute Gasteiger partial charge is 0.127 e. The molecule has 3 heteroatoms. The number of halogens is 2. The van der Waals surface area contributed by atoms with E-state index in [0.717, 1.165) is 13.0 Å². The molecule has 0 saturated carbocycles. The van der Waals surface area contributed by atoms with Gasteiger partial charge in [-0.05, 0) is 49.6 Å². The Balaban J connectivity index is 2.21. The van der Waals surface area contributed by atoms with Crippen LogP contribution in [0.1, 0.15) is 36.1 Å². The maximum atomic E-state index is 14.0. The molecule has 1 nitrogen and oxygen atoms in total. The van der Waals surface area contributed by atoms with Crippen molar-refractivity contribution in [2.24, 2.45) is 0 Å². The van der Waals surface area contributed by atoms with Crippen molar-refractivity contribution in [2.75, 3.05) is 6.54 Å². The second-order valence-corrected chi connectivity index (χ2v) is 5.79. The zero-order valence-corrected chi connectivity index (χ0v) is 13.3. The minimum atomic E-state index is -0.238. The van der Waals surface area contributed by atoms with Crippen LogP contribution in [0, 0.1) is 12.7 Å². The minimum Gasteiger partial charge on any atom is -0.310 e. The van der Waals surface area contributed by atoms with Crippen LogP contribution in [0.2, 0.25) is 5.02 Å². The summed E-state index contributed by atoms with van der Waals surface area (Å²) in [6.45, 7) is 5.10. The average Bonchev–Trinajstić information content (AvgIpc) is 2.46. The first-order valence-corrected chi connectivity index (χ1v) is 7.72. The van der Waals surface area contributed by atoms with E-state index in [4.69, 9.17) is 11.6 Å². The minimum absolute atomic E-state index is 0.112. The molecule has 0 aliphatic carbocycles. The summed E-state index contributed by atoms with van der Waals surface area (Å²) in [6.07, 6.45) is 1.66. The van der Waals surface area contributed by atoms with Crippen LogP contribution < -0.4 is 5.32 Å². The summed E-state index contributed by atoms with van der Waals surface area (Å²) < 4.78 is 14.0. The second-order valence-electron chi connectivity index (χ2n) is 5.36. The molecular formula is C18H21ClFN. The van der Waals surface area contributed by atoms with E-state index < -0.39 is 0 Å². The lowest BCUT2D eigenvalue weighted by atomic mass is 9.97. The third-order valence-electron chi connectivity index (χ3n) is 3.56. The first-order chi connectivity index (χ1) is 10.1. The Bertz CT molecular complexity index is 580. The molecule has 0 amide bonds. The molecule has 2 aromatic rings. The largest absolute Gasteiger partial charge is 0.310 e. The van der Waals surface area contributed by atoms with E-state index in [1.807, 2.05) is 0 Å². The third kappa shape index (κ3) is 4.55. The van der Waals surface area contributed by atoms with Gasteiger partial charge in [-0.2, -0.15) is 0 Å². The lowest BCUT2D eigenvalue weighted by Gasteiger charge is -2.20. The fourth-order valence-corrected chi connectivity index (χ4v) is 2.49. The van der Waals surface area contributed by atoms with Crippen LogP contribution in [0.5, 0.6) is 0 Å². The van der Waals surface area contributed by atoms with E-state index >= 15 is 0 Å². The van der Waals surface area contributed by atoms with Gasteiger partial charge in [-0.15, -0.1) is 0 Å². The first-order valence-electron chi connectivity index (χ1n) is 7.34. The molecule has 0 heterocycles. The van der Waals surface area contributed by atoms with E-state index in [0.29, 0.717) is 17.0 Å². The molecule has 0 bridgehead atoms. The predicted octanol–water partition coefficient (Wildman–Crippen LogP) is 5.07. The zero-order valence-electron chi connectivity index (χ0n) is 12.5. The van der Waals surface area contributed by atoms with E-state index in [1.165, 1.54) is 17.2 Å². The predicted molar refractivity (Wildman–Crippen MR) is 87.3 cm³/mol. The number of benzene rings is 2. The van der Waals surface area contributed by atoms with Gasteiger partial charge in [-0.1, -0.05) is 54.4 Å². The van der Waals surface area contributed by atoms with Gasteiger partial charge in [-0.25, -0.2) is 4.39 Å². The summed E-state index contributed by atoms with van der Waals surface area (Å²) in [7, 11) is 0. The van der Waals surface area contributed by atoms with Crippen molar-refractivity contribution >= 4 is 11.6 Å². The Morgan fingerprint density at radius 1 is 1.14 bits per heavy atom. The molecule has 0 aliphatic heterocycles. The highest BCUT2D eigenvalue weighted by Crippen LogP contribution is 2.22. The van der Waals surface area contributed by atoms with Gasteiger partial charge in [0.1, 0.15) is 5.82 Å². The molecule has 2 aromatic carbocycles. The van der Waals surface area contributed by atoms with Gasteiger partial charge < -0.3 is 5.32 Å². The summed E-state index contributed by atoms with van der Waals surface area (Å²) in [6, 6.07) is 13.4. The van der Waals surface area contributed by atoms with Crippen molar-refractivity contribution in [3.8, 4) is 0 Å². The van der Waals surface area contributed by atoms with Gasteiger partial charge in [0.2, 0.25) is 0 Å². The molecule has 0 fully saturated rings. The maximum Gasteiger partial charge on any atom is 0.127 e. The van der Waals surface area contributed by atoms with E-state index in [-0.39, 0.29) is 11.9 Å². The van der Waals surface area contributed by atoms with Gasteiger partial charge in [0.15, 0.2) is 0 Å². The Labute approximate surface area is 131 Å². The normalized spacial score (nSPS) is 12.4. The van der Waals surface area contributed by atoms with Crippen LogP contribution in [0.4, 0.5) is 4.39 Å². The molecular weight excluding hydrogens is 285 g/mol. The molecule has 0 aromatic heterocycles. The van der Waals surface area contributed by atoms with Crippen molar-refractivity contribution in [2.45, 2.75) is 32.7 Å². The highest BCUT2D eigenvalue weighted by Gasteiger charge is 2.14. The van der Waals surface area contributed by atoms with Gasteiger partial charge in [0.25, 0.3) is 0 Å². The molecule has 2 rings (SSSR count). The summed E-state index contributed by atoms with van der Waals surface area (Å²) in [5.74, 6) is -0.238. The van der Waals surface area contributed by atoms with E-state index in [2.05, 4.69) is 43.4 Å². The summed E-state index contributed by atoms with van der Waals surface area (Å²) in [5.41, 5.74) is 3.10. The Morgan fingerprint density at radius 3 is 2.48 bits per heavy atom. The Kier molecular flexibility index (Phi) is 5.77. The standard InChI is InChI=1S/C18H21ClFN/c1-3-10-21-18(14-6-4-13(2)5-7-14)11-15-8-9-16(19)12-17(15)20/h4-9,12,18,21H,3,10-11H2,1-2H3. The molecule has 0 aliphatic rings. The fourth-order valence-electron chi connectivity index (χ4n) is 2.33. The van der Waals surface area contributed by atoms with Gasteiger partial charge in [0, 0.05) is 11.1 Å². The SMILES string of the molecule is CCCNC(Cc1ccc(Cl)cc1F)c1ccc(C)cc1. The summed E-state index contributed by atoms with van der Waals surface area (Å²) in [5, 5.41) is 3.93. The fraction of sp³-hybridized carbons (Fsp3) is 0.333. The molecule has 1 atom stereocenters. The topological polar surface area (TPSA) is 12.0 Å². The number of aryl methyl sites for hydroxylation is 1. The summed E-state index contributed by atoms with van der Waals surface area (Å²) >= 11 is 5.82. The van der Waals surface area contributed by atoms with Gasteiger partial charge >= 0.3 is 0 Å². The van der Waals surface area contributed by atoms with E-state index in [1.54, 1.807) is 12.1 Å². The van der Waals surface area contributed by atoms with Crippen LogP contribution in [0.15, 0.2) is 42.5 Å². The zero-order chi connectivity index (χ0) is 15.2. The van der Waals surface area contributed by atoms with Crippen LogP contribution in [-0.4, -0.2) is 6.54 Å². The van der Waals surface area contributed by atoms with E-state index in [9.17, 15) is 4.39 Å². The average molecular weight is 306 g/mol. The van der Waals surface area contributed by atoms with Crippen molar-refractivity contribution in [1.29, 1.82) is 0 Å². The quantitative estimate of drug-likeness (QED) is 0.785. The molecule has 21 heavy (non-hydrogen) atoms. The lowest BCUT2D eigenvalue weighted by Crippen LogP contribution is -2.24.